The van der Waals surface area contributed by atoms with Crippen molar-refractivity contribution in [1.82, 2.24) is 10.4 Å². The number of methoxy groups -OCH3 is 1. The maximum Gasteiger partial charge on any atom is 0.332 e. The van der Waals surface area contributed by atoms with Crippen molar-refractivity contribution in [2.45, 2.75) is 32.6 Å². The molecule has 0 aromatic heterocycles. The highest BCUT2D eigenvalue weighted by Gasteiger charge is 2.23. The van der Waals surface area contributed by atoms with Crippen LogP contribution in [0.3, 0.4) is 0 Å². The summed E-state index contributed by atoms with van der Waals surface area (Å²) in [6.45, 7) is 2.06. The quantitative estimate of drug-likeness (QED) is 0.316. The lowest BCUT2D eigenvalue weighted by atomic mass is 10.1. The van der Waals surface area contributed by atoms with Crippen LogP contribution in [-0.4, -0.2) is 29.9 Å². The first-order valence-corrected chi connectivity index (χ1v) is 9.60. The number of allylic oxidation sites excluding steroid dienone is 1. The van der Waals surface area contributed by atoms with Crippen LogP contribution in [0.15, 0.2) is 72.4 Å². The van der Waals surface area contributed by atoms with Gasteiger partial charge >= 0.3 is 5.97 Å². The van der Waals surface area contributed by atoms with Gasteiger partial charge in [-0.25, -0.2) is 9.80 Å². The lowest BCUT2D eigenvalue weighted by Gasteiger charge is -2.26. The molecule has 6 heteroatoms. The van der Waals surface area contributed by atoms with Gasteiger partial charge in [0.05, 0.1) is 12.8 Å². The lowest BCUT2D eigenvalue weighted by Crippen LogP contribution is -2.45. The standard InChI is InChI=1S/C23H26N2O4/c1-3-4-7-16-20(17-21(26)29-2)25(23(28)19-14-10-6-11-15-19)24-22(27)18-12-8-5-9-13-18/h5-6,8-15,17H,3-4,7,16H2,1-2H3,(H,24,27)/b20-17-. The van der Waals surface area contributed by atoms with Crippen molar-refractivity contribution in [3.8, 4) is 0 Å². The van der Waals surface area contributed by atoms with Crippen LogP contribution in [0.5, 0.6) is 0 Å². The van der Waals surface area contributed by atoms with Gasteiger partial charge in [-0.2, -0.15) is 0 Å². The second kappa shape index (κ2) is 11.4. The fourth-order valence-corrected chi connectivity index (χ4v) is 2.72. The number of esters is 1. The molecule has 2 aromatic rings. The number of hydrazine groups is 1. The van der Waals surface area contributed by atoms with Crippen molar-refractivity contribution < 1.29 is 19.1 Å². The van der Waals surface area contributed by atoms with Crippen LogP contribution in [0, 0.1) is 0 Å². The Labute approximate surface area is 171 Å². The van der Waals surface area contributed by atoms with E-state index in [2.05, 4.69) is 12.3 Å². The number of unbranched alkanes of at least 4 members (excludes halogenated alkanes) is 2. The third-order valence-electron chi connectivity index (χ3n) is 4.28. The average molecular weight is 394 g/mol. The molecule has 0 saturated heterocycles. The van der Waals surface area contributed by atoms with E-state index in [9.17, 15) is 14.4 Å². The fraction of sp³-hybridized carbons (Fsp3) is 0.261. The first-order valence-electron chi connectivity index (χ1n) is 9.60. The van der Waals surface area contributed by atoms with E-state index in [1.165, 1.54) is 13.2 Å². The van der Waals surface area contributed by atoms with Gasteiger partial charge in [0.2, 0.25) is 0 Å². The van der Waals surface area contributed by atoms with Crippen molar-refractivity contribution in [2.75, 3.05) is 7.11 Å². The van der Waals surface area contributed by atoms with Crippen molar-refractivity contribution in [2.24, 2.45) is 0 Å². The van der Waals surface area contributed by atoms with Crippen molar-refractivity contribution >= 4 is 17.8 Å². The Kier molecular flexibility index (Phi) is 8.63. The molecule has 0 heterocycles. The topological polar surface area (TPSA) is 75.7 Å². The van der Waals surface area contributed by atoms with E-state index < -0.39 is 17.8 Å². The first-order chi connectivity index (χ1) is 14.1. The Hall–Kier alpha value is -3.41. The van der Waals surface area contributed by atoms with Crippen LogP contribution in [0.1, 0.15) is 53.3 Å². The van der Waals surface area contributed by atoms with E-state index in [1.807, 2.05) is 0 Å². The maximum atomic E-state index is 13.2. The summed E-state index contributed by atoms with van der Waals surface area (Å²) in [6.07, 6.45) is 4.37. The predicted molar refractivity (Wildman–Crippen MR) is 111 cm³/mol. The monoisotopic (exact) mass is 394 g/mol. The number of carbonyl (C=O) groups excluding carboxylic acids is 3. The summed E-state index contributed by atoms with van der Waals surface area (Å²) in [7, 11) is 1.27. The normalized spacial score (nSPS) is 10.9. The van der Waals surface area contributed by atoms with Crippen LogP contribution in [0.2, 0.25) is 0 Å². The minimum absolute atomic E-state index is 0.378. The zero-order valence-corrected chi connectivity index (χ0v) is 16.8. The zero-order chi connectivity index (χ0) is 21.1. The van der Waals surface area contributed by atoms with Gasteiger partial charge in [0, 0.05) is 17.2 Å². The smallest absolute Gasteiger partial charge is 0.332 e. The highest BCUT2D eigenvalue weighted by atomic mass is 16.5. The number of benzene rings is 2. The van der Waals surface area contributed by atoms with Crippen LogP contribution >= 0.6 is 0 Å². The number of hydrogen-bond acceptors (Lipinski definition) is 4. The van der Waals surface area contributed by atoms with Gasteiger partial charge in [-0.1, -0.05) is 56.2 Å². The molecule has 2 amide bonds. The van der Waals surface area contributed by atoms with Gasteiger partial charge < -0.3 is 4.74 Å². The van der Waals surface area contributed by atoms with Crippen molar-refractivity contribution in [3.63, 3.8) is 0 Å². The van der Waals surface area contributed by atoms with E-state index in [-0.39, 0.29) is 0 Å². The molecule has 0 atom stereocenters. The number of carbonyl (C=O) groups is 3. The molecular weight excluding hydrogens is 368 g/mol. The summed E-state index contributed by atoms with van der Waals surface area (Å²) >= 11 is 0. The molecule has 2 rings (SSSR count). The highest BCUT2D eigenvalue weighted by molar-refractivity contribution is 6.00. The van der Waals surface area contributed by atoms with Crippen LogP contribution < -0.4 is 5.43 Å². The predicted octanol–water partition coefficient (Wildman–Crippen LogP) is 4.11. The van der Waals surface area contributed by atoms with Gasteiger partial charge in [-0.05, 0) is 37.1 Å². The largest absolute Gasteiger partial charge is 0.466 e. The highest BCUT2D eigenvalue weighted by Crippen LogP contribution is 2.17. The van der Waals surface area contributed by atoms with Gasteiger partial charge in [0.25, 0.3) is 11.8 Å². The third kappa shape index (κ3) is 6.60. The van der Waals surface area contributed by atoms with Crippen LogP contribution in [0.4, 0.5) is 0 Å². The maximum absolute atomic E-state index is 13.2. The summed E-state index contributed by atoms with van der Waals surface area (Å²) in [5.41, 5.74) is 3.84. The molecule has 0 radical (unpaired) electrons. The molecule has 29 heavy (non-hydrogen) atoms. The second-order valence-electron chi connectivity index (χ2n) is 6.43. The number of hydrogen-bond donors (Lipinski definition) is 1. The van der Waals surface area contributed by atoms with Gasteiger partial charge in [-0.15, -0.1) is 0 Å². The van der Waals surface area contributed by atoms with Crippen LogP contribution in [0.25, 0.3) is 0 Å². The summed E-state index contributed by atoms with van der Waals surface area (Å²) in [5, 5.41) is 1.15. The molecular formula is C23H26N2O4. The summed E-state index contributed by atoms with van der Waals surface area (Å²) < 4.78 is 4.75. The van der Waals surface area contributed by atoms with E-state index in [0.29, 0.717) is 23.2 Å². The van der Waals surface area contributed by atoms with E-state index in [1.54, 1.807) is 60.7 Å². The Morgan fingerprint density at radius 3 is 2.07 bits per heavy atom. The molecule has 0 aliphatic rings. The number of amides is 2. The molecule has 0 spiro atoms. The minimum Gasteiger partial charge on any atom is -0.466 e. The fourth-order valence-electron chi connectivity index (χ4n) is 2.72. The molecule has 6 nitrogen and oxygen atoms in total. The van der Waals surface area contributed by atoms with Crippen molar-refractivity contribution in [1.29, 1.82) is 0 Å². The zero-order valence-electron chi connectivity index (χ0n) is 16.8. The molecule has 2 aromatic carbocycles. The molecule has 0 aliphatic carbocycles. The number of nitrogens with one attached hydrogen (secondary N) is 1. The third-order valence-corrected chi connectivity index (χ3v) is 4.28. The molecule has 0 aliphatic heterocycles. The lowest BCUT2D eigenvalue weighted by molar-refractivity contribution is -0.135. The molecule has 0 fully saturated rings. The molecule has 1 N–H and O–H groups in total. The Balaban J connectivity index is 2.39. The molecule has 0 bridgehead atoms. The van der Waals surface area contributed by atoms with Gasteiger partial charge in [0.15, 0.2) is 0 Å². The molecule has 0 saturated carbocycles. The van der Waals surface area contributed by atoms with Gasteiger partial charge in [-0.3, -0.25) is 15.0 Å². The first kappa shape index (κ1) is 21.9. The van der Waals surface area contributed by atoms with E-state index in [4.69, 9.17) is 4.74 Å². The summed E-state index contributed by atoms with van der Waals surface area (Å²) in [4.78, 5) is 37.8. The SMILES string of the molecule is CCCCC/C(=C/C(=O)OC)N(NC(=O)c1ccccc1)C(=O)c1ccccc1. The summed E-state index contributed by atoms with van der Waals surface area (Å²) in [5.74, 6) is -1.46. The Morgan fingerprint density at radius 2 is 1.52 bits per heavy atom. The number of ether oxygens (including phenoxy) is 1. The molecule has 152 valence electrons. The van der Waals surface area contributed by atoms with Gasteiger partial charge in [0.1, 0.15) is 0 Å². The number of rotatable bonds is 8. The van der Waals surface area contributed by atoms with E-state index in [0.717, 1.165) is 24.3 Å². The molecule has 0 unspecified atom stereocenters. The second-order valence-corrected chi connectivity index (χ2v) is 6.43. The minimum atomic E-state index is -0.587. The number of nitrogens with zero attached hydrogens (tertiary/aromatic N) is 1. The van der Waals surface area contributed by atoms with E-state index >= 15 is 0 Å². The summed E-state index contributed by atoms with van der Waals surface area (Å²) in [6, 6.07) is 17.2. The van der Waals surface area contributed by atoms with Crippen LogP contribution in [-0.2, 0) is 9.53 Å². The Bertz CT molecular complexity index is 848. The Morgan fingerprint density at radius 1 is 0.931 bits per heavy atom. The van der Waals surface area contributed by atoms with Crippen molar-refractivity contribution in [3.05, 3.63) is 83.6 Å². The average Bonchev–Trinajstić information content (AvgIpc) is 2.77.